The molecule has 38 heavy (non-hydrogen) atoms. The molecule has 190 valence electrons. The number of fused-ring (bicyclic) bond motifs is 2. The average molecular weight is 523 g/mol. The van der Waals surface area contributed by atoms with Crippen LogP contribution in [0.15, 0.2) is 71.5 Å². The van der Waals surface area contributed by atoms with Gasteiger partial charge in [-0.2, -0.15) is 16.4 Å². The summed E-state index contributed by atoms with van der Waals surface area (Å²) in [4.78, 5) is 26.5. The number of anilines is 1. The molecule has 1 aliphatic rings. The third-order valence-electron chi connectivity index (χ3n) is 6.36. The predicted molar refractivity (Wildman–Crippen MR) is 151 cm³/mol. The highest BCUT2D eigenvalue weighted by Gasteiger charge is 2.20. The average Bonchev–Trinajstić information content (AvgIpc) is 3.63. The Morgan fingerprint density at radius 1 is 1.13 bits per heavy atom. The zero-order chi connectivity index (χ0) is 26.2. The van der Waals surface area contributed by atoms with Gasteiger partial charge < -0.3 is 20.9 Å². The molecule has 0 saturated heterocycles. The maximum atomic E-state index is 12.2. The van der Waals surface area contributed by atoms with Crippen LogP contribution in [0, 0.1) is 0 Å². The van der Waals surface area contributed by atoms with Gasteiger partial charge in [-0.3, -0.25) is 14.9 Å². The van der Waals surface area contributed by atoms with Crippen LogP contribution < -0.4 is 11.1 Å². The lowest BCUT2D eigenvalue weighted by atomic mass is 10.00. The number of hydrogen-bond acceptors (Lipinski definition) is 7. The number of thiophene rings is 1. The van der Waals surface area contributed by atoms with Gasteiger partial charge in [-0.25, -0.2) is 4.98 Å². The summed E-state index contributed by atoms with van der Waals surface area (Å²) in [5.41, 5.74) is 16.3. The predicted octanol–water partition coefficient (Wildman–Crippen LogP) is 4.41. The number of amides is 1. The van der Waals surface area contributed by atoms with E-state index in [0.717, 1.165) is 56.0 Å². The number of carbonyl (C=O) groups is 1. The molecule has 0 bridgehead atoms. The number of hydrogen-bond donors (Lipinski definition) is 4. The first-order valence-electron chi connectivity index (χ1n) is 12.1. The van der Waals surface area contributed by atoms with Crippen molar-refractivity contribution in [3.63, 3.8) is 0 Å². The number of aromatic amines is 2. The van der Waals surface area contributed by atoms with E-state index in [1.807, 2.05) is 37.2 Å². The number of H-pyrrole nitrogens is 2. The van der Waals surface area contributed by atoms with Gasteiger partial charge in [0.1, 0.15) is 0 Å². The van der Waals surface area contributed by atoms with Crippen LogP contribution in [0.25, 0.3) is 39.1 Å². The number of aromatic nitrogens is 5. The molecule has 1 amide bonds. The molecule has 0 spiro atoms. The van der Waals surface area contributed by atoms with E-state index in [9.17, 15) is 4.79 Å². The molecule has 1 aliphatic carbocycles. The van der Waals surface area contributed by atoms with E-state index >= 15 is 0 Å². The van der Waals surface area contributed by atoms with Gasteiger partial charge in [0.2, 0.25) is 5.91 Å². The first kappa shape index (κ1) is 23.8. The van der Waals surface area contributed by atoms with E-state index in [0.29, 0.717) is 24.3 Å². The number of pyridine rings is 2. The highest BCUT2D eigenvalue weighted by Crippen LogP contribution is 2.36. The largest absolute Gasteiger partial charge is 0.402 e. The van der Waals surface area contributed by atoms with Crippen molar-refractivity contribution in [2.24, 2.45) is 5.73 Å². The van der Waals surface area contributed by atoms with Crippen LogP contribution in [-0.4, -0.2) is 56.6 Å². The first-order valence-corrected chi connectivity index (χ1v) is 13.0. The van der Waals surface area contributed by atoms with Crippen molar-refractivity contribution >= 4 is 39.5 Å². The van der Waals surface area contributed by atoms with Crippen LogP contribution in [0.5, 0.6) is 0 Å². The molecule has 5 heterocycles. The van der Waals surface area contributed by atoms with E-state index in [-0.39, 0.29) is 5.91 Å². The van der Waals surface area contributed by atoms with Crippen molar-refractivity contribution in [2.45, 2.75) is 6.42 Å². The number of likely N-dealkylation sites (N-methyl/N-ethyl adjacent to an activating group) is 1. The van der Waals surface area contributed by atoms with Gasteiger partial charge in [0, 0.05) is 52.3 Å². The summed E-state index contributed by atoms with van der Waals surface area (Å²) in [7, 11) is 3.70. The van der Waals surface area contributed by atoms with Crippen molar-refractivity contribution in [1.29, 1.82) is 0 Å². The molecular formula is C28H26N8OS. The van der Waals surface area contributed by atoms with Gasteiger partial charge in [0.25, 0.3) is 0 Å². The molecule has 9 nitrogen and oxygen atoms in total. The van der Waals surface area contributed by atoms with Crippen LogP contribution in [0.4, 0.5) is 5.69 Å². The lowest BCUT2D eigenvalue weighted by Crippen LogP contribution is -2.27. The molecule has 5 N–H and O–H groups in total. The first-order chi connectivity index (χ1) is 18.4. The lowest BCUT2D eigenvalue weighted by Gasteiger charge is -2.10. The Morgan fingerprint density at radius 3 is 2.82 bits per heavy atom. The summed E-state index contributed by atoms with van der Waals surface area (Å²) in [6.45, 7) is 0.293. The fourth-order valence-electron chi connectivity index (χ4n) is 4.64. The molecule has 0 aliphatic heterocycles. The smallest absolute Gasteiger partial charge is 0.238 e. The van der Waals surface area contributed by atoms with Gasteiger partial charge in [-0.05, 0) is 66.3 Å². The maximum Gasteiger partial charge on any atom is 0.238 e. The van der Waals surface area contributed by atoms with Crippen LogP contribution in [-0.2, 0) is 11.2 Å². The Balaban J connectivity index is 1.37. The summed E-state index contributed by atoms with van der Waals surface area (Å²) in [5, 5.41) is 15.6. The SMILES string of the molecule is CN(C)CC(=O)Nc1cncc(-c2cnc3n[nH]c(-c4cc5c([nH]4)CC(N)=CC=C5c4ccsc4)c3c2)c1. The minimum atomic E-state index is -0.0995. The number of nitrogens with zero attached hydrogens (tertiary/aromatic N) is 4. The second-order valence-corrected chi connectivity index (χ2v) is 10.3. The molecule has 0 saturated carbocycles. The molecule has 5 aromatic rings. The van der Waals surface area contributed by atoms with E-state index in [2.05, 4.69) is 59.4 Å². The Hall–Kier alpha value is -4.54. The van der Waals surface area contributed by atoms with Gasteiger partial charge in [0.15, 0.2) is 5.65 Å². The number of allylic oxidation sites excluding steroid dienone is 3. The number of rotatable bonds is 6. The quantitative estimate of drug-likeness (QED) is 0.262. The van der Waals surface area contributed by atoms with E-state index in [1.54, 1.807) is 29.9 Å². The highest BCUT2D eigenvalue weighted by atomic mass is 32.1. The van der Waals surface area contributed by atoms with Crippen molar-refractivity contribution in [3.05, 3.63) is 88.3 Å². The standard InChI is InChI=1S/C28H26N8OS/c1-36(2)14-26(37)32-20-7-17(11-30-13-20)18-8-23-27(34-35-28(23)31-12-18)25-10-22-21(16-5-6-38-15-16)4-3-19(29)9-24(22)33-25/h3-8,10-13,15,33H,9,14,29H2,1-2H3,(H,32,37)(H,31,34,35). The minimum absolute atomic E-state index is 0.0995. The van der Waals surface area contributed by atoms with Gasteiger partial charge >= 0.3 is 0 Å². The lowest BCUT2D eigenvalue weighted by molar-refractivity contribution is -0.116. The highest BCUT2D eigenvalue weighted by molar-refractivity contribution is 7.08. The molecule has 6 rings (SSSR count). The third kappa shape index (κ3) is 4.62. The Bertz CT molecular complexity index is 1710. The number of nitrogens with two attached hydrogens (primary N) is 1. The van der Waals surface area contributed by atoms with Crippen molar-refractivity contribution in [3.8, 4) is 22.5 Å². The monoisotopic (exact) mass is 522 g/mol. The van der Waals surface area contributed by atoms with E-state index < -0.39 is 0 Å². The molecule has 0 radical (unpaired) electrons. The summed E-state index contributed by atoms with van der Waals surface area (Å²) >= 11 is 1.67. The Morgan fingerprint density at radius 2 is 2.00 bits per heavy atom. The molecule has 0 fully saturated rings. The van der Waals surface area contributed by atoms with Crippen molar-refractivity contribution in [2.75, 3.05) is 26.0 Å². The second-order valence-electron chi connectivity index (χ2n) is 9.53. The second kappa shape index (κ2) is 9.73. The summed E-state index contributed by atoms with van der Waals surface area (Å²) in [5.74, 6) is -0.0995. The van der Waals surface area contributed by atoms with E-state index in [4.69, 9.17) is 5.73 Å². The van der Waals surface area contributed by atoms with Crippen LogP contribution >= 0.6 is 11.3 Å². The van der Waals surface area contributed by atoms with Crippen LogP contribution in [0.3, 0.4) is 0 Å². The number of nitrogens with one attached hydrogen (secondary N) is 3. The van der Waals surface area contributed by atoms with Gasteiger partial charge in [0.05, 0.1) is 29.8 Å². The summed E-state index contributed by atoms with van der Waals surface area (Å²) in [6.07, 6.45) is 9.86. The zero-order valence-electron chi connectivity index (χ0n) is 20.9. The fourth-order valence-corrected chi connectivity index (χ4v) is 5.30. The topological polar surface area (TPSA) is 129 Å². The Kier molecular flexibility index (Phi) is 6.10. The molecular weight excluding hydrogens is 496 g/mol. The molecule has 5 aromatic heterocycles. The van der Waals surface area contributed by atoms with E-state index in [1.165, 1.54) is 0 Å². The molecule has 0 atom stereocenters. The Labute approximate surface area is 223 Å². The van der Waals surface area contributed by atoms with Gasteiger partial charge in [-0.1, -0.05) is 6.08 Å². The number of carbonyl (C=O) groups excluding carboxylic acids is 1. The van der Waals surface area contributed by atoms with Crippen molar-refractivity contribution in [1.82, 2.24) is 30.0 Å². The zero-order valence-corrected chi connectivity index (χ0v) is 21.8. The summed E-state index contributed by atoms with van der Waals surface area (Å²) < 4.78 is 0. The van der Waals surface area contributed by atoms with Gasteiger partial charge in [-0.15, -0.1) is 0 Å². The molecule has 10 heteroatoms. The fraction of sp³-hybridized carbons (Fsp3) is 0.143. The minimum Gasteiger partial charge on any atom is -0.402 e. The van der Waals surface area contributed by atoms with Crippen molar-refractivity contribution < 1.29 is 4.79 Å². The molecule has 0 aromatic carbocycles. The third-order valence-corrected chi connectivity index (χ3v) is 7.04. The van der Waals surface area contributed by atoms with Crippen LogP contribution in [0.2, 0.25) is 0 Å². The summed E-state index contributed by atoms with van der Waals surface area (Å²) in [6, 6.07) is 8.20. The normalized spacial score (nSPS) is 13.2. The maximum absolute atomic E-state index is 12.2. The molecule has 0 unspecified atom stereocenters. The van der Waals surface area contributed by atoms with Crippen LogP contribution in [0.1, 0.15) is 16.8 Å².